The number of urea groups is 1. The summed E-state index contributed by atoms with van der Waals surface area (Å²) in [7, 11) is 1.40. The molecule has 7 heteroatoms. The van der Waals surface area contributed by atoms with Gasteiger partial charge >= 0.3 is 6.03 Å². The first-order valence-corrected chi connectivity index (χ1v) is 5.57. The molecule has 1 saturated heterocycles. The quantitative estimate of drug-likeness (QED) is 0.566. The minimum absolute atomic E-state index is 0.0877. The number of amides is 5. The number of carbonyl (C=O) groups excluding carboxylic acids is 4. The van der Waals surface area contributed by atoms with Crippen molar-refractivity contribution >= 4 is 29.4 Å². The van der Waals surface area contributed by atoms with Crippen LogP contribution in [0.25, 0.3) is 0 Å². The van der Waals surface area contributed by atoms with E-state index in [0.29, 0.717) is 11.3 Å². The zero-order valence-corrected chi connectivity index (χ0v) is 9.97. The summed E-state index contributed by atoms with van der Waals surface area (Å²) in [6.45, 7) is -0.0877. The molecule has 3 rings (SSSR count). The smallest absolute Gasteiger partial charge is 0.285 e. The van der Waals surface area contributed by atoms with Crippen LogP contribution in [0.1, 0.15) is 20.7 Å². The lowest BCUT2D eigenvalue weighted by Gasteiger charge is -2.13. The number of nitrogens with zero attached hydrogens (tertiary/aromatic N) is 2. The molecule has 96 valence electrons. The van der Waals surface area contributed by atoms with E-state index in [0.717, 1.165) is 4.90 Å². The third-order valence-corrected chi connectivity index (χ3v) is 3.18. The molecule has 2 aliphatic rings. The third-order valence-electron chi connectivity index (χ3n) is 3.18. The topological polar surface area (TPSA) is 86.8 Å². The molecule has 0 bridgehead atoms. The molecule has 0 atom stereocenters. The average molecular weight is 259 g/mol. The molecule has 5 amide bonds. The number of anilines is 1. The van der Waals surface area contributed by atoms with Crippen LogP contribution in [0, 0.1) is 0 Å². The molecule has 1 aromatic rings. The van der Waals surface area contributed by atoms with Crippen molar-refractivity contribution in [1.82, 2.24) is 10.2 Å². The fraction of sp³-hybridized carbons (Fsp3) is 0.167. The number of nitrogens with one attached hydrogen (secondary N) is 1. The standard InChI is InChI=1S/C12H9N3O4/c1-14-10(17)7-3-2-6(4-8(7)11(14)18)15-5-9(16)13-12(15)19/h2-4H,5H2,1H3,(H,13,16,19). The number of benzene rings is 1. The molecule has 7 nitrogen and oxygen atoms in total. The Bertz CT molecular complexity index is 652. The van der Waals surface area contributed by atoms with Gasteiger partial charge in [0.15, 0.2) is 0 Å². The Hall–Kier alpha value is -2.70. The lowest BCUT2D eigenvalue weighted by Crippen LogP contribution is -2.28. The maximum Gasteiger partial charge on any atom is 0.329 e. The summed E-state index contributed by atoms with van der Waals surface area (Å²) >= 11 is 0. The van der Waals surface area contributed by atoms with Crippen LogP contribution < -0.4 is 10.2 Å². The van der Waals surface area contributed by atoms with Gasteiger partial charge in [-0.3, -0.25) is 29.5 Å². The molecule has 0 aliphatic carbocycles. The van der Waals surface area contributed by atoms with Crippen molar-refractivity contribution in [3.8, 4) is 0 Å². The molecule has 0 radical (unpaired) electrons. The van der Waals surface area contributed by atoms with E-state index in [-0.39, 0.29) is 18.0 Å². The van der Waals surface area contributed by atoms with Crippen LogP contribution in [-0.2, 0) is 4.79 Å². The van der Waals surface area contributed by atoms with Crippen LogP contribution in [-0.4, -0.2) is 42.2 Å². The molecule has 0 spiro atoms. The summed E-state index contributed by atoms with van der Waals surface area (Å²) in [5.74, 6) is -1.17. The molecular weight excluding hydrogens is 250 g/mol. The van der Waals surface area contributed by atoms with Crippen molar-refractivity contribution < 1.29 is 19.2 Å². The first-order chi connectivity index (χ1) is 8.99. The Morgan fingerprint density at radius 2 is 1.74 bits per heavy atom. The van der Waals surface area contributed by atoms with Gasteiger partial charge in [-0.05, 0) is 18.2 Å². The summed E-state index contributed by atoms with van der Waals surface area (Å²) in [4.78, 5) is 48.5. The molecule has 0 saturated carbocycles. The van der Waals surface area contributed by atoms with E-state index in [1.165, 1.54) is 24.1 Å². The van der Waals surface area contributed by atoms with Crippen molar-refractivity contribution in [1.29, 1.82) is 0 Å². The highest BCUT2D eigenvalue weighted by Gasteiger charge is 2.35. The van der Waals surface area contributed by atoms with E-state index < -0.39 is 17.8 Å². The highest BCUT2D eigenvalue weighted by Crippen LogP contribution is 2.27. The number of fused-ring (bicyclic) bond motifs is 1. The lowest BCUT2D eigenvalue weighted by molar-refractivity contribution is -0.117. The van der Waals surface area contributed by atoms with Crippen molar-refractivity contribution in [2.24, 2.45) is 0 Å². The monoisotopic (exact) mass is 259 g/mol. The molecule has 2 heterocycles. The summed E-state index contributed by atoms with van der Waals surface area (Å²) in [5, 5.41) is 2.15. The van der Waals surface area contributed by atoms with Crippen LogP contribution in [0.3, 0.4) is 0 Å². The van der Waals surface area contributed by atoms with Gasteiger partial charge < -0.3 is 0 Å². The summed E-state index contributed by atoms with van der Waals surface area (Å²) in [5.41, 5.74) is 0.970. The second kappa shape index (κ2) is 3.64. The molecule has 1 N–H and O–H groups in total. The fourth-order valence-electron chi connectivity index (χ4n) is 2.17. The van der Waals surface area contributed by atoms with Crippen LogP contribution >= 0.6 is 0 Å². The Balaban J connectivity index is 2.04. The van der Waals surface area contributed by atoms with Gasteiger partial charge in [0.2, 0.25) is 5.91 Å². The van der Waals surface area contributed by atoms with Crippen molar-refractivity contribution in [3.05, 3.63) is 29.3 Å². The summed E-state index contributed by atoms with van der Waals surface area (Å²) in [6.07, 6.45) is 0. The first-order valence-electron chi connectivity index (χ1n) is 5.57. The molecule has 1 fully saturated rings. The van der Waals surface area contributed by atoms with Crippen molar-refractivity contribution in [2.45, 2.75) is 0 Å². The van der Waals surface area contributed by atoms with E-state index in [1.54, 1.807) is 6.07 Å². The maximum atomic E-state index is 11.8. The number of carbonyl (C=O) groups is 4. The highest BCUT2D eigenvalue weighted by molar-refractivity contribution is 6.22. The van der Waals surface area contributed by atoms with Gasteiger partial charge in [-0.25, -0.2) is 4.79 Å². The van der Waals surface area contributed by atoms with E-state index in [1.807, 2.05) is 0 Å². The van der Waals surface area contributed by atoms with Gasteiger partial charge in [-0.15, -0.1) is 0 Å². The Morgan fingerprint density at radius 3 is 2.37 bits per heavy atom. The molecule has 1 aromatic carbocycles. The lowest BCUT2D eigenvalue weighted by atomic mass is 10.1. The largest absolute Gasteiger partial charge is 0.329 e. The van der Waals surface area contributed by atoms with Gasteiger partial charge in [-0.2, -0.15) is 0 Å². The van der Waals surface area contributed by atoms with Gasteiger partial charge in [0.25, 0.3) is 11.8 Å². The molecule has 19 heavy (non-hydrogen) atoms. The molecule has 0 unspecified atom stereocenters. The van der Waals surface area contributed by atoms with Crippen molar-refractivity contribution in [3.63, 3.8) is 0 Å². The molecule has 2 aliphatic heterocycles. The molecule has 0 aromatic heterocycles. The fourth-order valence-corrected chi connectivity index (χ4v) is 2.17. The number of imide groups is 2. The van der Waals surface area contributed by atoms with Gasteiger partial charge in [-0.1, -0.05) is 0 Å². The summed E-state index contributed by atoms with van der Waals surface area (Å²) < 4.78 is 0. The normalized spacial score (nSPS) is 18.2. The van der Waals surface area contributed by atoms with E-state index >= 15 is 0 Å². The number of rotatable bonds is 1. The Morgan fingerprint density at radius 1 is 1.05 bits per heavy atom. The van der Waals surface area contributed by atoms with Gasteiger partial charge in [0.1, 0.15) is 6.54 Å². The zero-order chi connectivity index (χ0) is 13.7. The van der Waals surface area contributed by atoms with Crippen LogP contribution in [0.4, 0.5) is 10.5 Å². The second-order valence-corrected chi connectivity index (χ2v) is 4.34. The van der Waals surface area contributed by atoms with Crippen LogP contribution in [0.2, 0.25) is 0 Å². The predicted octanol–water partition coefficient (Wildman–Crippen LogP) is -0.0314. The SMILES string of the molecule is CN1C(=O)c2ccc(N3CC(=O)NC3=O)cc2C1=O. The van der Waals surface area contributed by atoms with Crippen LogP contribution in [0.5, 0.6) is 0 Å². The Labute approximate surface area is 107 Å². The Kier molecular flexibility index (Phi) is 2.19. The van der Waals surface area contributed by atoms with Crippen molar-refractivity contribution in [2.75, 3.05) is 18.5 Å². The third kappa shape index (κ3) is 1.51. The van der Waals surface area contributed by atoms with Crippen LogP contribution in [0.15, 0.2) is 18.2 Å². The van der Waals surface area contributed by atoms with E-state index in [2.05, 4.69) is 5.32 Å². The van der Waals surface area contributed by atoms with E-state index in [4.69, 9.17) is 0 Å². The number of hydrogen-bond donors (Lipinski definition) is 1. The van der Waals surface area contributed by atoms with Gasteiger partial charge in [0.05, 0.1) is 11.1 Å². The zero-order valence-electron chi connectivity index (χ0n) is 9.97. The number of hydrogen-bond acceptors (Lipinski definition) is 4. The average Bonchev–Trinajstić information content (AvgIpc) is 2.83. The second-order valence-electron chi connectivity index (χ2n) is 4.34. The minimum atomic E-state index is -0.532. The molecular formula is C12H9N3O4. The van der Waals surface area contributed by atoms with Gasteiger partial charge in [0, 0.05) is 12.7 Å². The minimum Gasteiger partial charge on any atom is -0.285 e. The predicted molar refractivity (Wildman–Crippen MR) is 63.8 cm³/mol. The highest BCUT2D eigenvalue weighted by atomic mass is 16.2. The van der Waals surface area contributed by atoms with E-state index in [9.17, 15) is 19.2 Å². The maximum absolute atomic E-state index is 11.8. The summed E-state index contributed by atoms with van der Waals surface area (Å²) in [6, 6.07) is 3.96. The first kappa shape index (κ1) is 11.4.